The summed E-state index contributed by atoms with van der Waals surface area (Å²) in [6.07, 6.45) is 2.48. The Morgan fingerprint density at radius 1 is 1.23 bits per heavy atom. The van der Waals surface area contributed by atoms with Crippen LogP contribution in [0.5, 0.6) is 0 Å². The van der Waals surface area contributed by atoms with Crippen LogP contribution in [0, 0.1) is 6.92 Å². The fourth-order valence-electron chi connectivity index (χ4n) is 3.72. The largest absolute Gasteiger partial charge is 0.350 e. The highest BCUT2D eigenvalue weighted by molar-refractivity contribution is 7.10. The molecule has 4 rings (SSSR count). The minimum Gasteiger partial charge on any atom is -0.350 e. The molecule has 1 unspecified atom stereocenters. The van der Waals surface area contributed by atoms with Gasteiger partial charge in [0.05, 0.1) is 17.1 Å². The Labute approximate surface area is 157 Å². The van der Waals surface area contributed by atoms with Crippen molar-refractivity contribution < 1.29 is 4.79 Å². The number of hydrogen-bond donors (Lipinski definition) is 1. The lowest BCUT2D eigenvalue weighted by Gasteiger charge is -2.27. The van der Waals surface area contributed by atoms with Gasteiger partial charge in [0.25, 0.3) is 5.91 Å². The van der Waals surface area contributed by atoms with E-state index in [-0.39, 0.29) is 11.9 Å². The predicted molar refractivity (Wildman–Crippen MR) is 107 cm³/mol. The van der Waals surface area contributed by atoms with Crippen LogP contribution >= 0.6 is 11.3 Å². The summed E-state index contributed by atoms with van der Waals surface area (Å²) in [5, 5.41) is 6.20. The van der Waals surface area contributed by atoms with Crippen molar-refractivity contribution in [2.24, 2.45) is 0 Å². The maximum absolute atomic E-state index is 12.9. The molecular weight excluding hydrogens is 342 g/mol. The Morgan fingerprint density at radius 3 is 2.81 bits per heavy atom. The number of amides is 1. The molecular formula is C21H23N3OS. The number of para-hydroxylation sites is 1. The van der Waals surface area contributed by atoms with E-state index >= 15 is 0 Å². The van der Waals surface area contributed by atoms with Crippen molar-refractivity contribution in [2.75, 3.05) is 19.6 Å². The van der Waals surface area contributed by atoms with Crippen LogP contribution in [0.1, 0.15) is 39.8 Å². The highest BCUT2D eigenvalue weighted by atomic mass is 32.1. The van der Waals surface area contributed by atoms with Crippen LogP contribution in [0.4, 0.5) is 0 Å². The van der Waals surface area contributed by atoms with Crippen molar-refractivity contribution in [1.82, 2.24) is 15.2 Å². The molecule has 0 saturated carbocycles. The molecule has 26 heavy (non-hydrogen) atoms. The lowest BCUT2D eigenvalue weighted by atomic mass is 10.1. The van der Waals surface area contributed by atoms with E-state index in [0.717, 1.165) is 29.7 Å². The average molecular weight is 366 g/mol. The third-order valence-corrected chi connectivity index (χ3v) is 5.97. The molecule has 1 aliphatic rings. The predicted octanol–water partition coefficient (Wildman–Crippen LogP) is 4.17. The first kappa shape index (κ1) is 17.2. The fourth-order valence-corrected chi connectivity index (χ4v) is 4.58. The van der Waals surface area contributed by atoms with Gasteiger partial charge in [-0.3, -0.25) is 14.7 Å². The molecule has 1 N–H and O–H groups in total. The summed E-state index contributed by atoms with van der Waals surface area (Å²) in [6, 6.07) is 14.2. The Kier molecular flexibility index (Phi) is 5.00. The van der Waals surface area contributed by atoms with Crippen LogP contribution in [0.25, 0.3) is 10.9 Å². The summed E-state index contributed by atoms with van der Waals surface area (Å²) in [4.78, 5) is 21.3. The number of aromatic nitrogens is 1. The standard InChI is InChI=1S/C21H23N3OS/c1-15-13-17(16-7-2-3-8-18(16)23-15)21(25)22-14-19(20-9-6-12-26-20)24-10-4-5-11-24/h2-3,6-9,12-13,19H,4-5,10-11,14H2,1H3,(H,22,25). The summed E-state index contributed by atoms with van der Waals surface area (Å²) in [5.74, 6) is -0.0209. The van der Waals surface area contributed by atoms with Gasteiger partial charge in [0.2, 0.25) is 0 Å². The molecule has 4 nitrogen and oxygen atoms in total. The Bertz CT molecular complexity index is 901. The van der Waals surface area contributed by atoms with E-state index < -0.39 is 0 Å². The molecule has 1 aliphatic heterocycles. The molecule has 0 spiro atoms. The van der Waals surface area contributed by atoms with Crippen molar-refractivity contribution >= 4 is 28.1 Å². The van der Waals surface area contributed by atoms with Gasteiger partial charge >= 0.3 is 0 Å². The lowest BCUT2D eigenvalue weighted by Crippen LogP contribution is -2.36. The number of likely N-dealkylation sites (tertiary alicyclic amines) is 1. The Morgan fingerprint density at radius 2 is 2.04 bits per heavy atom. The molecule has 3 heterocycles. The minimum atomic E-state index is -0.0209. The molecule has 3 aromatic rings. The molecule has 0 radical (unpaired) electrons. The second kappa shape index (κ2) is 7.56. The maximum Gasteiger partial charge on any atom is 0.252 e. The van der Waals surface area contributed by atoms with E-state index in [9.17, 15) is 4.79 Å². The SMILES string of the molecule is Cc1cc(C(=O)NCC(c2cccs2)N2CCCC2)c2ccccc2n1. The van der Waals surface area contributed by atoms with Gasteiger partial charge in [0.1, 0.15) is 0 Å². The van der Waals surface area contributed by atoms with E-state index in [0.29, 0.717) is 12.1 Å². The first-order chi connectivity index (χ1) is 12.7. The van der Waals surface area contributed by atoms with Crippen LogP contribution in [-0.4, -0.2) is 35.4 Å². The Balaban J connectivity index is 1.56. The highest BCUT2D eigenvalue weighted by Gasteiger charge is 2.25. The van der Waals surface area contributed by atoms with Gasteiger partial charge in [0, 0.05) is 22.5 Å². The smallest absolute Gasteiger partial charge is 0.252 e. The van der Waals surface area contributed by atoms with Crippen molar-refractivity contribution in [3.8, 4) is 0 Å². The molecule has 5 heteroatoms. The van der Waals surface area contributed by atoms with Crippen molar-refractivity contribution in [3.05, 3.63) is 64.0 Å². The molecule has 1 atom stereocenters. The quantitative estimate of drug-likeness (QED) is 0.738. The maximum atomic E-state index is 12.9. The van der Waals surface area contributed by atoms with Gasteiger partial charge in [-0.15, -0.1) is 11.3 Å². The summed E-state index contributed by atoms with van der Waals surface area (Å²) in [7, 11) is 0. The molecule has 2 aromatic heterocycles. The number of nitrogens with zero attached hydrogens (tertiary/aromatic N) is 2. The van der Waals surface area contributed by atoms with Crippen LogP contribution in [0.2, 0.25) is 0 Å². The zero-order chi connectivity index (χ0) is 17.9. The van der Waals surface area contributed by atoms with Crippen molar-refractivity contribution in [2.45, 2.75) is 25.8 Å². The third-order valence-electron chi connectivity index (χ3n) is 5.00. The number of carbonyl (C=O) groups excluding carboxylic acids is 1. The number of pyridine rings is 1. The molecule has 0 aliphatic carbocycles. The van der Waals surface area contributed by atoms with Crippen LogP contribution in [0.15, 0.2) is 47.8 Å². The number of benzene rings is 1. The zero-order valence-electron chi connectivity index (χ0n) is 14.9. The number of rotatable bonds is 5. The molecule has 1 aromatic carbocycles. The van der Waals surface area contributed by atoms with E-state index in [1.165, 1.54) is 17.7 Å². The van der Waals surface area contributed by atoms with Gasteiger partial charge < -0.3 is 5.32 Å². The number of thiophene rings is 1. The molecule has 1 amide bonds. The normalized spacial score (nSPS) is 16.0. The fraction of sp³-hybridized carbons (Fsp3) is 0.333. The summed E-state index contributed by atoms with van der Waals surface area (Å²) in [5.41, 5.74) is 2.44. The number of fused-ring (bicyclic) bond motifs is 1. The first-order valence-corrected chi connectivity index (χ1v) is 10.0. The summed E-state index contributed by atoms with van der Waals surface area (Å²) < 4.78 is 0. The van der Waals surface area contributed by atoms with Gasteiger partial charge in [-0.05, 0) is 56.4 Å². The number of aryl methyl sites for hydroxylation is 1. The Hall–Kier alpha value is -2.24. The zero-order valence-corrected chi connectivity index (χ0v) is 15.8. The summed E-state index contributed by atoms with van der Waals surface area (Å²) >= 11 is 1.77. The second-order valence-corrected chi connectivity index (χ2v) is 7.79. The van der Waals surface area contributed by atoms with Gasteiger partial charge in [-0.25, -0.2) is 0 Å². The van der Waals surface area contributed by atoms with Crippen LogP contribution < -0.4 is 5.32 Å². The van der Waals surface area contributed by atoms with Crippen LogP contribution in [0.3, 0.4) is 0 Å². The monoisotopic (exact) mass is 365 g/mol. The minimum absolute atomic E-state index is 0.0209. The van der Waals surface area contributed by atoms with E-state index in [2.05, 4.69) is 32.7 Å². The average Bonchev–Trinajstić information content (AvgIpc) is 3.35. The van der Waals surface area contributed by atoms with Crippen molar-refractivity contribution in [3.63, 3.8) is 0 Å². The van der Waals surface area contributed by atoms with Crippen LogP contribution in [-0.2, 0) is 0 Å². The van der Waals surface area contributed by atoms with Gasteiger partial charge in [-0.2, -0.15) is 0 Å². The van der Waals surface area contributed by atoms with E-state index in [1.807, 2.05) is 37.3 Å². The summed E-state index contributed by atoms with van der Waals surface area (Å²) in [6.45, 7) is 4.78. The van der Waals surface area contributed by atoms with Crippen molar-refractivity contribution in [1.29, 1.82) is 0 Å². The van der Waals surface area contributed by atoms with E-state index in [1.54, 1.807) is 11.3 Å². The molecule has 134 valence electrons. The van der Waals surface area contributed by atoms with Gasteiger partial charge in [-0.1, -0.05) is 24.3 Å². The van der Waals surface area contributed by atoms with E-state index in [4.69, 9.17) is 0 Å². The number of carbonyl (C=O) groups is 1. The third kappa shape index (κ3) is 3.50. The second-order valence-electron chi connectivity index (χ2n) is 6.81. The molecule has 1 saturated heterocycles. The number of hydrogen-bond acceptors (Lipinski definition) is 4. The highest BCUT2D eigenvalue weighted by Crippen LogP contribution is 2.28. The first-order valence-electron chi connectivity index (χ1n) is 9.14. The topological polar surface area (TPSA) is 45.2 Å². The molecule has 1 fully saturated rings. The van der Waals surface area contributed by atoms with Gasteiger partial charge in [0.15, 0.2) is 0 Å². The number of nitrogens with one attached hydrogen (secondary N) is 1. The molecule has 0 bridgehead atoms. The lowest BCUT2D eigenvalue weighted by molar-refractivity contribution is 0.0940.